The van der Waals surface area contributed by atoms with Crippen LogP contribution in [-0.4, -0.2) is 40.9 Å². The summed E-state index contributed by atoms with van der Waals surface area (Å²) in [6.45, 7) is 1.85. The number of ether oxygens (including phenoxy) is 2. The first-order valence-corrected chi connectivity index (χ1v) is 11.5. The molecule has 0 saturated carbocycles. The zero-order valence-electron chi connectivity index (χ0n) is 19.3. The molecule has 1 amide bonds. The Labute approximate surface area is 205 Å². The van der Waals surface area contributed by atoms with E-state index in [1.165, 1.54) is 37.2 Å². The van der Waals surface area contributed by atoms with Crippen LogP contribution in [0.3, 0.4) is 0 Å². The fourth-order valence-corrected chi connectivity index (χ4v) is 4.34. The van der Waals surface area contributed by atoms with Crippen LogP contribution in [0.1, 0.15) is 23.0 Å². The molecule has 0 aliphatic carbocycles. The first-order valence-electron chi connectivity index (χ1n) is 10.7. The maximum atomic E-state index is 13.4. The van der Waals surface area contributed by atoms with Crippen LogP contribution in [-0.2, 0) is 16.1 Å². The van der Waals surface area contributed by atoms with E-state index < -0.39 is 11.2 Å². The molecule has 1 N–H and O–H groups in total. The van der Waals surface area contributed by atoms with Gasteiger partial charge in [-0.2, -0.15) is 0 Å². The van der Waals surface area contributed by atoms with Gasteiger partial charge in [0, 0.05) is 0 Å². The van der Waals surface area contributed by atoms with Crippen molar-refractivity contribution in [1.29, 1.82) is 0 Å². The largest absolute Gasteiger partial charge is 0.495 e. The van der Waals surface area contributed by atoms with Crippen LogP contribution in [0.5, 0.6) is 5.75 Å². The summed E-state index contributed by atoms with van der Waals surface area (Å²) in [5.41, 5.74) is 0.819. The Balaban J connectivity index is 1.71. The summed E-state index contributed by atoms with van der Waals surface area (Å²) in [6.07, 6.45) is 1.52. The van der Waals surface area contributed by atoms with E-state index in [0.29, 0.717) is 33.3 Å². The molecule has 2 aromatic heterocycles. The molecule has 0 aliphatic heterocycles. The lowest BCUT2D eigenvalue weighted by Crippen LogP contribution is -2.27. The topological polar surface area (TPSA) is 113 Å². The molecule has 35 heavy (non-hydrogen) atoms. The first kappa shape index (κ1) is 24.1. The molecule has 0 aliphatic rings. The number of rotatable bonds is 8. The normalized spacial score (nSPS) is 11.7. The van der Waals surface area contributed by atoms with Crippen LogP contribution in [0, 0.1) is 0 Å². The van der Waals surface area contributed by atoms with Crippen LogP contribution in [0.25, 0.3) is 10.9 Å². The molecular weight excluding hydrogens is 470 g/mol. The molecule has 0 spiro atoms. The Morgan fingerprint density at radius 2 is 1.94 bits per heavy atom. The Bertz CT molecular complexity index is 1430. The van der Waals surface area contributed by atoms with Crippen molar-refractivity contribution in [3.05, 3.63) is 82.5 Å². The standard InChI is InChI=1S/C25H23N3O6S/c1-15(22(29)26-19-8-4-5-9-21(19)32-2)35-25-27-20-13-16(24(31)33-3)10-11-18(20)23(30)28(25)14-17-7-6-12-34-17/h4-13,15H,14H2,1-3H3,(H,26,29). The zero-order valence-corrected chi connectivity index (χ0v) is 20.1. The van der Waals surface area contributed by atoms with Crippen molar-refractivity contribution < 1.29 is 23.5 Å². The Morgan fingerprint density at radius 3 is 2.66 bits per heavy atom. The van der Waals surface area contributed by atoms with Gasteiger partial charge in [0.25, 0.3) is 5.56 Å². The van der Waals surface area contributed by atoms with Gasteiger partial charge in [-0.05, 0) is 49.4 Å². The second-order valence-electron chi connectivity index (χ2n) is 7.54. The number of esters is 1. The maximum Gasteiger partial charge on any atom is 0.337 e. The van der Waals surface area contributed by atoms with Crippen LogP contribution in [0.2, 0.25) is 0 Å². The number of fused-ring (bicyclic) bond motifs is 1. The zero-order chi connectivity index (χ0) is 24.9. The summed E-state index contributed by atoms with van der Waals surface area (Å²) in [5, 5.41) is 2.88. The highest BCUT2D eigenvalue weighted by Gasteiger charge is 2.21. The van der Waals surface area contributed by atoms with Gasteiger partial charge in [-0.1, -0.05) is 23.9 Å². The number of methoxy groups -OCH3 is 2. The molecule has 2 heterocycles. The summed E-state index contributed by atoms with van der Waals surface area (Å²) in [7, 11) is 2.81. The van der Waals surface area contributed by atoms with Crippen molar-refractivity contribution in [2.24, 2.45) is 0 Å². The number of furan rings is 1. The van der Waals surface area contributed by atoms with Gasteiger partial charge in [0.2, 0.25) is 5.91 Å². The Hall–Kier alpha value is -4.05. The third-order valence-corrected chi connectivity index (χ3v) is 6.34. The van der Waals surface area contributed by atoms with E-state index >= 15 is 0 Å². The monoisotopic (exact) mass is 493 g/mol. The molecule has 1 atom stereocenters. The molecule has 2 aromatic carbocycles. The number of benzene rings is 2. The van der Waals surface area contributed by atoms with Crippen molar-refractivity contribution >= 4 is 40.2 Å². The van der Waals surface area contributed by atoms with Crippen LogP contribution >= 0.6 is 11.8 Å². The molecule has 9 nitrogen and oxygen atoms in total. The number of carbonyl (C=O) groups excluding carboxylic acids is 2. The van der Waals surface area contributed by atoms with Crippen LogP contribution in [0.15, 0.2) is 75.2 Å². The maximum absolute atomic E-state index is 13.4. The fraction of sp³-hybridized carbons (Fsp3) is 0.200. The summed E-state index contributed by atoms with van der Waals surface area (Å²) in [4.78, 5) is 43.0. The lowest BCUT2D eigenvalue weighted by Gasteiger charge is -2.17. The third-order valence-electron chi connectivity index (χ3n) is 5.25. The van der Waals surface area contributed by atoms with Crippen LogP contribution < -0.4 is 15.6 Å². The Kier molecular flexibility index (Phi) is 7.21. The lowest BCUT2D eigenvalue weighted by molar-refractivity contribution is -0.115. The van der Waals surface area contributed by atoms with Gasteiger partial charge in [0.15, 0.2) is 5.16 Å². The van der Waals surface area contributed by atoms with Crippen molar-refractivity contribution in [1.82, 2.24) is 9.55 Å². The lowest BCUT2D eigenvalue weighted by atomic mass is 10.1. The number of carbonyl (C=O) groups is 2. The average Bonchev–Trinajstić information content (AvgIpc) is 3.39. The minimum Gasteiger partial charge on any atom is -0.495 e. The third kappa shape index (κ3) is 5.22. The van der Waals surface area contributed by atoms with Gasteiger partial charge in [-0.3, -0.25) is 14.2 Å². The molecule has 0 saturated heterocycles. The van der Waals surface area contributed by atoms with Crippen molar-refractivity contribution in [3.8, 4) is 5.75 Å². The number of amides is 1. The van der Waals surface area contributed by atoms with E-state index in [2.05, 4.69) is 10.3 Å². The molecular formula is C25H23N3O6S. The SMILES string of the molecule is COC(=O)c1ccc2c(=O)n(Cc3ccco3)c(SC(C)C(=O)Nc3ccccc3OC)nc2c1. The second-order valence-corrected chi connectivity index (χ2v) is 8.85. The number of hydrogen-bond donors (Lipinski definition) is 1. The number of para-hydroxylation sites is 2. The van der Waals surface area contributed by atoms with Crippen molar-refractivity contribution in [3.63, 3.8) is 0 Å². The highest BCUT2D eigenvalue weighted by atomic mass is 32.2. The van der Waals surface area contributed by atoms with E-state index in [9.17, 15) is 14.4 Å². The summed E-state index contributed by atoms with van der Waals surface area (Å²) < 4.78 is 17.0. The molecule has 4 rings (SSSR count). The van der Waals surface area contributed by atoms with Gasteiger partial charge in [0.1, 0.15) is 11.5 Å². The predicted molar refractivity (Wildman–Crippen MR) is 132 cm³/mol. The molecule has 0 radical (unpaired) electrons. The summed E-state index contributed by atoms with van der Waals surface area (Å²) in [5.74, 6) is 0.272. The van der Waals surface area contributed by atoms with Gasteiger partial charge in [-0.15, -0.1) is 0 Å². The number of thioether (sulfide) groups is 1. The van der Waals surface area contributed by atoms with E-state index in [1.807, 2.05) is 6.07 Å². The summed E-state index contributed by atoms with van der Waals surface area (Å²) >= 11 is 1.12. The number of nitrogens with zero attached hydrogens (tertiary/aromatic N) is 2. The molecule has 1 unspecified atom stereocenters. The van der Waals surface area contributed by atoms with E-state index in [-0.39, 0.29) is 23.6 Å². The summed E-state index contributed by atoms with van der Waals surface area (Å²) in [6, 6.07) is 15.1. The number of aromatic nitrogens is 2. The molecule has 0 fully saturated rings. The van der Waals surface area contributed by atoms with Gasteiger partial charge >= 0.3 is 5.97 Å². The van der Waals surface area contributed by atoms with E-state index in [1.54, 1.807) is 43.3 Å². The number of hydrogen-bond acceptors (Lipinski definition) is 8. The fourth-order valence-electron chi connectivity index (χ4n) is 3.43. The predicted octanol–water partition coefficient (Wildman–Crippen LogP) is 3.95. The van der Waals surface area contributed by atoms with Crippen LogP contribution in [0.4, 0.5) is 5.69 Å². The van der Waals surface area contributed by atoms with Crippen molar-refractivity contribution in [2.75, 3.05) is 19.5 Å². The molecule has 180 valence electrons. The highest BCUT2D eigenvalue weighted by Crippen LogP contribution is 2.27. The van der Waals surface area contributed by atoms with Crippen molar-refractivity contribution in [2.45, 2.75) is 23.9 Å². The Morgan fingerprint density at radius 1 is 1.14 bits per heavy atom. The van der Waals surface area contributed by atoms with Gasteiger partial charge in [-0.25, -0.2) is 9.78 Å². The molecule has 10 heteroatoms. The van der Waals surface area contributed by atoms with E-state index in [4.69, 9.17) is 13.9 Å². The van der Waals surface area contributed by atoms with E-state index in [0.717, 1.165) is 11.8 Å². The molecule has 0 bridgehead atoms. The quantitative estimate of drug-likeness (QED) is 0.223. The average molecular weight is 494 g/mol. The van der Waals surface area contributed by atoms with Gasteiger partial charge in [0.05, 0.1) is 54.4 Å². The minimum absolute atomic E-state index is 0.136. The number of nitrogens with one attached hydrogen (secondary N) is 1. The first-order chi connectivity index (χ1) is 16.9. The minimum atomic E-state index is -0.615. The number of anilines is 1. The highest BCUT2D eigenvalue weighted by molar-refractivity contribution is 8.00. The smallest absolute Gasteiger partial charge is 0.337 e. The molecule has 4 aromatic rings. The second kappa shape index (κ2) is 10.5. The van der Waals surface area contributed by atoms with Gasteiger partial charge < -0.3 is 19.2 Å².